The van der Waals surface area contributed by atoms with Gasteiger partial charge in [-0.05, 0) is 49.2 Å². The molecule has 0 unspecified atom stereocenters. The largest absolute Gasteiger partial charge is 0.484 e. The molecule has 1 N–H and O–H groups in total. The van der Waals surface area contributed by atoms with E-state index in [1.54, 1.807) is 47.4 Å². The Balaban J connectivity index is 1.47. The van der Waals surface area contributed by atoms with E-state index in [0.29, 0.717) is 31.7 Å². The second-order valence-corrected chi connectivity index (χ2v) is 8.96. The first-order valence-corrected chi connectivity index (χ1v) is 11.0. The number of hydrogen-bond donors (Lipinski definition) is 1. The van der Waals surface area contributed by atoms with Crippen LogP contribution in [0.4, 0.5) is 0 Å². The number of piperidine rings is 1. The summed E-state index contributed by atoms with van der Waals surface area (Å²) in [4.78, 5) is 14.3. The third kappa shape index (κ3) is 5.54. The lowest BCUT2D eigenvalue weighted by Crippen LogP contribution is -2.47. The molecule has 6 nitrogen and oxygen atoms in total. The average Bonchev–Trinajstić information content (AvgIpc) is 2.68. The highest BCUT2D eigenvalue weighted by Gasteiger charge is 2.26. The van der Waals surface area contributed by atoms with Gasteiger partial charge in [-0.3, -0.25) is 4.79 Å². The third-order valence-corrected chi connectivity index (χ3v) is 6.46. The third-order valence-electron chi connectivity index (χ3n) is 4.40. The monoisotopic (exact) mass is 452 g/mol. The number of benzene rings is 2. The quantitative estimate of drug-likeness (QED) is 0.730. The molecule has 0 atom stereocenters. The predicted octanol–water partition coefficient (Wildman–Crippen LogP) is 2.80. The summed E-state index contributed by atoms with van der Waals surface area (Å²) in [6.07, 6.45) is 1.16. The van der Waals surface area contributed by atoms with Gasteiger partial charge in [0.2, 0.25) is 10.0 Å². The van der Waals surface area contributed by atoms with Gasteiger partial charge in [-0.15, -0.1) is 0 Å². The second kappa shape index (κ2) is 8.86. The normalized spacial score (nSPS) is 15.5. The molecule has 0 radical (unpaired) electrons. The number of carbonyl (C=O) groups excluding carboxylic acids is 1. The van der Waals surface area contributed by atoms with Crippen LogP contribution in [-0.4, -0.2) is 45.0 Å². The Hall–Kier alpha value is -1.90. The molecule has 0 saturated carbocycles. The minimum atomic E-state index is -3.53. The van der Waals surface area contributed by atoms with Crippen molar-refractivity contribution in [1.82, 2.24) is 9.62 Å². The molecule has 2 aromatic rings. The van der Waals surface area contributed by atoms with Crippen LogP contribution in [0.25, 0.3) is 0 Å². The highest BCUT2D eigenvalue weighted by molar-refractivity contribution is 9.10. The fourth-order valence-electron chi connectivity index (χ4n) is 2.90. The summed E-state index contributed by atoms with van der Waals surface area (Å²) in [7, 11) is -3.53. The molecule has 144 valence electrons. The maximum absolute atomic E-state index is 12.4. The van der Waals surface area contributed by atoms with E-state index in [2.05, 4.69) is 20.7 Å². The SMILES string of the molecule is O=C(COc1ccc(Br)cc1)N1CCC(NS(=O)(=O)c2ccccc2)CC1. The lowest BCUT2D eigenvalue weighted by atomic mass is 10.1. The lowest BCUT2D eigenvalue weighted by Gasteiger charge is -2.32. The topological polar surface area (TPSA) is 75.7 Å². The number of nitrogens with one attached hydrogen (secondary N) is 1. The summed E-state index contributed by atoms with van der Waals surface area (Å²) >= 11 is 3.35. The van der Waals surface area contributed by atoms with Crippen molar-refractivity contribution < 1.29 is 17.9 Å². The van der Waals surface area contributed by atoms with Crippen LogP contribution >= 0.6 is 15.9 Å². The van der Waals surface area contributed by atoms with Crippen molar-refractivity contribution >= 4 is 31.9 Å². The minimum Gasteiger partial charge on any atom is -0.484 e. The van der Waals surface area contributed by atoms with Gasteiger partial charge in [0, 0.05) is 23.6 Å². The zero-order valence-corrected chi connectivity index (χ0v) is 17.1. The number of hydrogen-bond acceptors (Lipinski definition) is 4. The highest BCUT2D eigenvalue weighted by Crippen LogP contribution is 2.17. The van der Waals surface area contributed by atoms with Crippen molar-refractivity contribution in [2.24, 2.45) is 0 Å². The lowest BCUT2D eigenvalue weighted by molar-refractivity contribution is -0.134. The maximum atomic E-state index is 12.4. The Bertz CT molecular complexity index is 864. The van der Waals surface area contributed by atoms with Crippen LogP contribution in [-0.2, 0) is 14.8 Å². The number of sulfonamides is 1. The number of carbonyl (C=O) groups is 1. The summed E-state index contributed by atoms with van der Waals surface area (Å²) in [5.74, 6) is 0.541. The first-order valence-electron chi connectivity index (χ1n) is 8.67. The van der Waals surface area contributed by atoms with E-state index < -0.39 is 10.0 Å². The minimum absolute atomic E-state index is 0.0258. The van der Waals surface area contributed by atoms with Crippen LogP contribution in [0.2, 0.25) is 0 Å². The Morgan fingerprint density at radius 1 is 1.07 bits per heavy atom. The second-order valence-electron chi connectivity index (χ2n) is 6.33. The van der Waals surface area contributed by atoms with Crippen molar-refractivity contribution in [2.45, 2.75) is 23.8 Å². The van der Waals surface area contributed by atoms with E-state index in [1.807, 2.05) is 12.1 Å². The molecule has 1 aliphatic heterocycles. The van der Waals surface area contributed by atoms with Gasteiger partial charge in [0.15, 0.2) is 6.61 Å². The smallest absolute Gasteiger partial charge is 0.260 e. The van der Waals surface area contributed by atoms with E-state index in [-0.39, 0.29) is 23.5 Å². The summed E-state index contributed by atoms with van der Waals surface area (Å²) < 4.78 is 34.0. The summed E-state index contributed by atoms with van der Waals surface area (Å²) in [6, 6.07) is 15.4. The fraction of sp³-hybridized carbons (Fsp3) is 0.316. The maximum Gasteiger partial charge on any atom is 0.260 e. The number of nitrogens with zero attached hydrogens (tertiary/aromatic N) is 1. The molecule has 1 heterocycles. The molecule has 1 aliphatic rings. The Morgan fingerprint density at radius 3 is 2.33 bits per heavy atom. The number of amides is 1. The molecule has 0 bridgehead atoms. The van der Waals surface area contributed by atoms with Crippen molar-refractivity contribution in [1.29, 1.82) is 0 Å². The van der Waals surface area contributed by atoms with Gasteiger partial charge in [-0.2, -0.15) is 0 Å². The van der Waals surface area contributed by atoms with Crippen LogP contribution in [0.5, 0.6) is 5.75 Å². The number of halogens is 1. The molecule has 8 heteroatoms. The average molecular weight is 453 g/mol. The van der Waals surface area contributed by atoms with Gasteiger partial charge < -0.3 is 9.64 Å². The van der Waals surface area contributed by atoms with Gasteiger partial charge in [0.25, 0.3) is 5.91 Å². The Kier molecular flexibility index (Phi) is 6.51. The van der Waals surface area contributed by atoms with E-state index in [0.717, 1.165) is 4.47 Å². The van der Waals surface area contributed by atoms with Crippen LogP contribution in [0.1, 0.15) is 12.8 Å². The molecular weight excluding hydrogens is 432 g/mol. The van der Waals surface area contributed by atoms with E-state index >= 15 is 0 Å². The van der Waals surface area contributed by atoms with Crippen molar-refractivity contribution in [3.8, 4) is 5.75 Å². The molecular formula is C19H21BrN2O4S. The Labute approximate surface area is 167 Å². The number of rotatable bonds is 6. The summed E-state index contributed by atoms with van der Waals surface area (Å²) in [5.41, 5.74) is 0. The van der Waals surface area contributed by atoms with E-state index in [4.69, 9.17) is 4.74 Å². The fourth-order valence-corrected chi connectivity index (χ4v) is 4.49. The number of ether oxygens (including phenoxy) is 1. The molecule has 1 amide bonds. The highest BCUT2D eigenvalue weighted by atomic mass is 79.9. The number of likely N-dealkylation sites (tertiary alicyclic amines) is 1. The molecule has 27 heavy (non-hydrogen) atoms. The molecule has 1 saturated heterocycles. The van der Waals surface area contributed by atoms with E-state index in [9.17, 15) is 13.2 Å². The van der Waals surface area contributed by atoms with Gasteiger partial charge in [-0.1, -0.05) is 34.1 Å². The molecule has 3 rings (SSSR count). The van der Waals surface area contributed by atoms with Gasteiger partial charge in [0.1, 0.15) is 5.75 Å². The van der Waals surface area contributed by atoms with Crippen LogP contribution < -0.4 is 9.46 Å². The standard InChI is InChI=1S/C19H21BrN2O4S/c20-15-6-8-17(9-7-15)26-14-19(23)22-12-10-16(11-13-22)21-27(24,25)18-4-2-1-3-5-18/h1-9,16,21H,10-14H2. The van der Waals surface area contributed by atoms with Gasteiger partial charge >= 0.3 is 0 Å². The summed E-state index contributed by atoms with van der Waals surface area (Å²) in [6.45, 7) is 0.983. The molecule has 2 aromatic carbocycles. The molecule has 1 fully saturated rings. The summed E-state index contributed by atoms with van der Waals surface area (Å²) in [5, 5.41) is 0. The molecule has 0 aliphatic carbocycles. The van der Waals surface area contributed by atoms with Crippen molar-refractivity contribution in [2.75, 3.05) is 19.7 Å². The molecule has 0 spiro atoms. The predicted molar refractivity (Wildman–Crippen MR) is 106 cm³/mol. The zero-order valence-electron chi connectivity index (χ0n) is 14.7. The van der Waals surface area contributed by atoms with Crippen LogP contribution in [0, 0.1) is 0 Å². The molecule has 0 aromatic heterocycles. The van der Waals surface area contributed by atoms with Crippen molar-refractivity contribution in [3.63, 3.8) is 0 Å². The zero-order chi connectivity index (χ0) is 19.3. The van der Waals surface area contributed by atoms with Crippen molar-refractivity contribution in [3.05, 3.63) is 59.1 Å². The Morgan fingerprint density at radius 2 is 1.70 bits per heavy atom. The first kappa shape index (κ1) is 19.9. The van der Waals surface area contributed by atoms with E-state index in [1.165, 1.54) is 0 Å². The van der Waals surface area contributed by atoms with Gasteiger partial charge in [-0.25, -0.2) is 13.1 Å². The first-order chi connectivity index (χ1) is 12.9. The van der Waals surface area contributed by atoms with Crippen LogP contribution in [0.3, 0.4) is 0 Å². The van der Waals surface area contributed by atoms with Gasteiger partial charge in [0.05, 0.1) is 4.90 Å². The van der Waals surface area contributed by atoms with Crippen LogP contribution in [0.15, 0.2) is 64.0 Å².